The van der Waals surface area contributed by atoms with Gasteiger partial charge in [-0.15, -0.1) is 11.3 Å². The third-order valence-electron chi connectivity index (χ3n) is 2.06. The molecular weight excluding hydrogens is 240 g/mol. The third kappa shape index (κ3) is 1.58. The standard InChI is InChI=1S/C9H4N6OS/c10-1-6-5(2-12-14-6)9-13-8(15-16-9)7-3-11-4-17-7/h2-4H,(H,12,14). The largest absolute Gasteiger partial charge is 0.333 e. The molecule has 0 saturated carbocycles. The summed E-state index contributed by atoms with van der Waals surface area (Å²) >= 11 is 1.41. The van der Waals surface area contributed by atoms with E-state index >= 15 is 0 Å². The molecule has 0 radical (unpaired) electrons. The Balaban J connectivity index is 2.04. The number of hydrogen-bond donors (Lipinski definition) is 1. The van der Waals surface area contributed by atoms with Crippen LogP contribution in [0.25, 0.3) is 22.2 Å². The highest BCUT2D eigenvalue weighted by Gasteiger charge is 2.16. The third-order valence-corrected chi connectivity index (χ3v) is 2.83. The molecule has 82 valence electrons. The Hall–Kier alpha value is -2.53. The zero-order valence-corrected chi connectivity index (χ0v) is 9.10. The van der Waals surface area contributed by atoms with Crippen LogP contribution in [-0.4, -0.2) is 25.3 Å². The van der Waals surface area contributed by atoms with Crippen LogP contribution in [0.4, 0.5) is 0 Å². The van der Waals surface area contributed by atoms with Gasteiger partial charge in [0.15, 0.2) is 0 Å². The normalized spacial score (nSPS) is 10.3. The minimum atomic E-state index is 0.263. The van der Waals surface area contributed by atoms with E-state index in [1.807, 2.05) is 6.07 Å². The van der Waals surface area contributed by atoms with E-state index in [1.165, 1.54) is 17.5 Å². The predicted molar refractivity (Wildman–Crippen MR) is 57.7 cm³/mol. The Morgan fingerprint density at radius 2 is 2.35 bits per heavy atom. The molecule has 0 saturated heterocycles. The molecule has 0 aliphatic carbocycles. The van der Waals surface area contributed by atoms with Gasteiger partial charge in [-0.2, -0.15) is 15.3 Å². The van der Waals surface area contributed by atoms with Gasteiger partial charge in [-0.3, -0.25) is 10.1 Å². The molecule has 17 heavy (non-hydrogen) atoms. The predicted octanol–water partition coefficient (Wildman–Crippen LogP) is 1.45. The molecule has 0 atom stereocenters. The van der Waals surface area contributed by atoms with Gasteiger partial charge in [0, 0.05) is 6.20 Å². The number of nitrogens with one attached hydrogen (secondary N) is 1. The van der Waals surface area contributed by atoms with Gasteiger partial charge in [-0.1, -0.05) is 5.16 Å². The fourth-order valence-corrected chi connectivity index (χ4v) is 1.84. The topological polar surface area (TPSA) is 104 Å². The lowest BCUT2D eigenvalue weighted by Crippen LogP contribution is -1.80. The maximum Gasteiger partial charge on any atom is 0.262 e. The SMILES string of the molecule is N#Cc1[nH]ncc1-c1nc(-c2cncs2)no1. The van der Waals surface area contributed by atoms with Gasteiger partial charge in [0.05, 0.1) is 22.1 Å². The Bertz CT molecular complexity index is 676. The molecule has 3 heterocycles. The number of rotatable bonds is 2. The smallest absolute Gasteiger partial charge is 0.262 e. The first-order chi connectivity index (χ1) is 8.38. The molecule has 0 aliphatic heterocycles. The van der Waals surface area contributed by atoms with E-state index in [9.17, 15) is 0 Å². The second-order valence-corrected chi connectivity index (χ2v) is 3.95. The Kier molecular flexibility index (Phi) is 2.16. The summed E-state index contributed by atoms with van der Waals surface area (Å²) in [6.07, 6.45) is 3.13. The molecule has 0 aromatic carbocycles. The van der Waals surface area contributed by atoms with Crippen molar-refractivity contribution in [2.45, 2.75) is 0 Å². The fraction of sp³-hybridized carbons (Fsp3) is 0. The first kappa shape index (κ1) is 9.68. The monoisotopic (exact) mass is 244 g/mol. The van der Waals surface area contributed by atoms with Crippen molar-refractivity contribution in [1.82, 2.24) is 25.3 Å². The van der Waals surface area contributed by atoms with Gasteiger partial charge in [0.25, 0.3) is 5.89 Å². The van der Waals surface area contributed by atoms with Crippen molar-refractivity contribution in [3.63, 3.8) is 0 Å². The zero-order chi connectivity index (χ0) is 11.7. The van der Waals surface area contributed by atoms with Crippen LogP contribution in [0.1, 0.15) is 5.69 Å². The van der Waals surface area contributed by atoms with Crippen LogP contribution in [0.3, 0.4) is 0 Å². The molecule has 1 N–H and O–H groups in total. The van der Waals surface area contributed by atoms with Crippen LogP contribution in [-0.2, 0) is 0 Å². The van der Waals surface area contributed by atoms with Crippen molar-refractivity contribution in [1.29, 1.82) is 5.26 Å². The molecule has 0 fully saturated rings. The average molecular weight is 244 g/mol. The second-order valence-electron chi connectivity index (χ2n) is 3.06. The van der Waals surface area contributed by atoms with E-state index in [1.54, 1.807) is 11.7 Å². The van der Waals surface area contributed by atoms with E-state index in [-0.39, 0.29) is 5.89 Å². The molecule has 3 rings (SSSR count). The van der Waals surface area contributed by atoms with E-state index in [4.69, 9.17) is 9.78 Å². The highest BCUT2D eigenvalue weighted by Crippen LogP contribution is 2.25. The summed E-state index contributed by atoms with van der Waals surface area (Å²) in [6, 6.07) is 1.96. The van der Waals surface area contributed by atoms with Crippen LogP contribution in [0.5, 0.6) is 0 Å². The lowest BCUT2D eigenvalue weighted by atomic mass is 10.2. The first-order valence-corrected chi connectivity index (χ1v) is 5.43. The second kappa shape index (κ2) is 3.80. The lowest BCUT2D eigenvalue weighted by molar-refractivity contribution is 0.432. The molecular formula is C9H4N6OS. The lowest BCUT2D eigenvalue weighted by Gasteiger charge is -1.85. The number of nitrogens with zero attached hydrogens (tertiary/aromatic N) is 5. The summed E-state index contributed by atoms with van der Waals surface area (Å²) in [7, 11) is 0. The Morgan fingerprint density at radius 3 is 3.12 bits per heavy atom. The number of aromatic amines is 1. The maximum atomic E-state index is 8.84. The molecule has 7 nitrogen and oxygen atoms in total. The van der Waals surface area contributed by atoms with Crippen molar-refractivity contribution in [2.75, 3.05) is 0 Å². The quantitative estimate of drug-likeness (QED) is 0.731. The molecule has 0 amide bonds. The first-order valence-electron chi connectivity index (χ1n) is 4.55. The van der Waals surface area contributed by atoms with Gasteiger partial charge in [0.1, 0.15) is 11.8 Å². The zero-order valence-electron chi connectivity index (χ0n) is 8.28. The van der Waals surface area contributed by atoms with Crippen molar-refractivity contribution >= 4 is 11.3 Å². The number of aromatic nitrogens is 5. The van der Waals surface area contributed by atoms with Gasteiger partial charge < -0.3 is 4.52 Å². The summed E-state index contributed by atoms with van der Waals surface area (Å²) in [5, 5.41) is 19.0. The Morgan fingerprint density at radius 1 is 1.41 bits per heavy atom. The highest BCUT2D eigenvalue weighted by molar-refractivity contribution is 7.13. The van der Waals surface area contributed by atoms with Crippen LogP contribution >= 0.6 is 11.3 Å². The minimum Gasteiger partial charge on any atom is -0.333 e. The highest BCUT2D eigenvalue weighted by atomic mass is 32.1. The van der Waals surface area contributed by atoms with Gasteiger partial charge in [-0.25, -0.2) is 0 Å². The minimum absolute atomic E-state index is 0.263. The van der Waals surface area contributed by atoms with Gasteiger partial charge in [-0.05, 0) is 0 Å². The Labute approximate surface area is 98.7 Å². The average Bonchev–Trinajstić information content (AvgIpc) is 3.09. The number of hydrogen-bond acceptors (Lipinski definition) is 7. The van der Waals surface area contributed by atoms with E-state index in [0.29, 0.717) is 17.1 Å². The fourth-order valence-electron chi connectivity index (χ4n) is 1.29. The van der Waals surface area contributed by atoms with E-state index in [2.05, 4.69) is 25.3 Å². The molecule has 8 heteroatoms. The molecule has 0 spiro atoms. The van der Waals surface area contributed by atoms with E-state index in [0.717, 1.165) is 4.88 Å². The van der Waals surface area contributed by atoms with Crippen LogP contribution in [0.2, 0.25) is 0 Å². The molecule has 0 bridgehead atoms. The van der Waals surface area contributed by atoms with Crippen molar-refractivity contribution < 1.29 is 4.52 Å². The van der Waals surface area contributed by atoms with Crippen LogP contribution < -0.4 is 0 Å². The molecule has 3 aromatic heterocycles. The van der Waals surface area contributed by atoms with Crippen molar-refractivity contribution in [3.8, 4) is 28.2 Å². The summed E-state index contributed by atoms with van der Waals surface area (Å²) in [6.45, 7) is 0. The number of thiazole rings is 1. The summed E-state index contributed by atoms with van der Waals surface area (Å²) in [5.74, 6) is 0.714. The summed E-state index contributed by atoms with van der Waals surface area (Å²) in [5.41, 5.74) is 2.48. The summed E-state index contributed by atoms with van der Waals surface area (Å²) in [4.78, 5) is 8.92. The molecule has 0 aliphatic rings. The van der Waals surface area contributed by atoms with Crippen LogP contribution in [0, 0.1) is 11.3 Å². The molecule has 3 aromatic rings. The van der Waals surface area contributed by atoms with Crippen molar-refractivity contribution in [2.24, 2.45) is 0 Å². The molecule has 0 unspecified atom stereocenters. The summed E-state index contributed by atoms with van der Waals surface area (Å²) < 4.78 is 5.08. The number of nitriles is 1. The van der Waals surface area contributed by atoms with Gasteiger partial charge >= 0.3 is 0 Å². The number of H-pyrrole nitrogens is 1. The van der Waals surface area contributed by atoms with E-state index < -0.39 is 0 Å². The van der Waals surface area contributed by atoms with Gasteiger partial charge in [0.2, 0.25) is 5.82 Å². The maximum absolute atomic E-state index is 8.84. The van der Waals surface area contributed by atoms with Crippen molar-refractivity contribution in [3.05, 3.63) is 23.6 Å². The van der Waals surface area contributed by atoms with Crippen LogP contribution in [0.15, 0.2) is 22.4 Å².